The van der Waals surface area contributed by atoms with Crippen LogP contribution in [0.15, 0.2) is 47.4 Å². The van der Waals surface area contributed by atoms with E-state index in [4.69, 9.17) is 4.74 Å². The van der Waals surface area contributed by atoms with Gasteiger partial charge in [0.05, 0.1) is 12.0 Å². The quantitative estimate of drug-likeness (QED) is 0.466. The number of hydrogen-bond donors (Lipinski definition) is 1. The van der Waals surface area contributed by atoms with Gasteiger partial charge in [0.2, 0.25) is 5.91 Å². The van der Waals surface area contributed by atoms with E-state index in [9.17, 15) is 14.4 Å². The zero-order valence-electron chi connectivity index (χ0n) is 21.3. The van der Waals surface area contributed by atoms with Crippen molar-refractivity contribution in [3.8, 4) is 5.75 Å². The monoisotopic (exact) mass is 516 g/mol. The van der Waals surface area contributed by atoms with E-state index >= 15 is 0 Å². The summed E-state index contributed by atoms with van der Waals surface area (Å²) in [4.78, 5) is 39.8. The van der Waals surface area contributed by atoms with Gasteiger partial charge in [0.1, 0.15) is 12.3 Å². The van der Waals surface area contributed by atoms with Crippen LogP contribution in [0.1, 0.15) is 55.2 Å². The molecule has 7 rings (SSSR count). The van der Waals surface area contributed by atoms with Gasteiger partial charge in [0.15, 0.2) is 0 Å². The van der Waals surface area contributed by atoms with Crippen molar-refractivity contribution in [2.75, 3.05) is 19.0 Å². The molecule has 0 aromatic heterocycles. The molecule has 1 saturated heterocycles. The third-order valence-electron chi connectivity index (χ3n) is 8.64. The van der Waals surface area contributed by atoms with Gasteiger partial charge < -0.3 is 10.1 Å². The van der Waals surface area contributed by atoms with E-state index < -0.39 is 17.1 Å². The van der Waals surface area contributed by atoms with E-state index in [1.165, 1.54) is 44.1 Å². The lowest BCUT2D eigenvalue weighted by Crippen LogP contribution is -2.48. The highest BCUT2D eigenvalue weighted by Gasteiger charge is 2.51. The number of nitrogens with one attached hydrogen (secondary N) is 1. The molecule has 0 atom stereocenters. The number of methoxy groups -OCH3 is 1. The van der Waals surface area contributed by atoms with Crippen LogP contribution in [-0.2, 0) is 15.0 Å². The number of thioether (sulfide) groups is 1. The van der Waals surface area contributed by atoms with Crippen LogP contribution in [0.2, 0.25) is 0 Å². The number of benzene rings is 2. The zero-order valence-corrected chi connectivity index (χ0v) is 22.1. The van der Waals surface area contributed by atoms with Crippen LogP contribution in [0.25, 0.3) is 6.08 Å². The fraction of sp³-hybridized carbons (Fsp3) is 0.433. The largest absolute Gasteiger partial charge is 0.496 e. The predicted octanol–water partition coefficient (Wildman–Crippen LogP) is 6.15. The van der Waals surface area contributed by atoms with Gasteiger partial charge in [0.25, 0.3) is 11.1 Å². The van der Waals surface area contributed by atoms with Gasteiger partial charge in [-0.25, -0.2) is 0 Å². The minimum Gasteiger partial charge on any atom is -0.496 e. The van der Waals surface area contributed by atoms with E-state index in [-0.39, 0.29) is 12.0 Å². The second kappa shape index (κ2) is 9.35. The number of hydrogen-bond acceptors (Lipinski definition) is 5. The molecule has 1 N–H and O–H groups in total. The molecule has 192 valence electrons. The lowest BCUT2D eigenvalue weighted by atomic mass is 9.48. The molecule has 37 heavy (non-hydrogen) atoms. The second-order valence-electron chi connectivity index (χ2n) is 11.3. The topological polar surface area (TPSA) is 75.7 Å². The lowest BCUT2D eigenvalue weighted by Gasteiger charge is -2.57. The van der Waals surface area contributed by atoms with Crippen molar-refractivity contribution >= 4 is 40.6 Å². The number of imide groups is 1. The maximum Gasteiger partial charge on any atom is 0.294 e. The normalized spacial score (nSPS) is 29.3. The highest BCUT2D eigenvalue weighted by molar-refractivity contribution is 8.18. The Morgan fingerprint density at radius 1 is 1.08 bits per heavy atom. The molecular weight excluding hydrogens is 484 g/mol. The number of nitrogens with zero attached hydrogens (tertiary/aromatic N) is 1. The first-order chi connectivity index (χ1) is 17.8. The van der Waals surface area contributed by atoms with Crippen molar-refractivity contribution in [2.45, 2.75) is 50.9 Å². The van der Waals surface area contributed by atoms with Crippen LogP contribution < -0.4 is 10.1 Å². The molecule has 7 heteroatoms. The summed E-state index contributed by atoms with van der Waals surface area (Å²) < 4.78 is 5.63. The molecule has 6 nitrogen and oxygen atoms in total. The molecule has 5 fully saturated rings. The summed E-state index contributed by atoms with van der Waals surface area (Å²) in [5, 5.41) is 2.33. The minimum absolute atomic E-state index is 0.219. The van der Waals surface area contributed by atoms with Crippen LogP contribution in [0, 0.1) is 24.7 Å². The van der Waals surface area contributed by atoms with Crippen LogP contribution >= 0.6 is 11.8 Å². The van der Waals surface area contributed by atoms with Crippen LogP contribution in [0.3, 0.4) is 0 Å². The molecule has 4 bridgehead atoms. The molecule has 0 unspecified atom stereocenters. The highest BCUT2D eigenvalue weighted by atomic mass is 32.2. The highest BCUT2D eigenvalue weighted by Crippen LogP contribution is 2.61. The predicted molar refractivity (Wildman–Crippen MR) is 145 cm³/mol. The average Bonchev–Trinajstić information content (AvgIpc) is 3.10. The first kappa shape index (κ1) is 24.3. The van der Waals surface area contributed by atoms with E-state index in [1.807, 2.05) is 31.2 Å². The molecular formula is C30H32N2O4S. The Morgan fingerprint density at radius 3 is 2.43 bits per heavy atom. The van der Waals surface area contributed by atoms with Crippen LogP contribution in [-0.4, -0.2) is 35.6 Å². The molecule has 2 aromatic rings. The van der Waals surface area contributed by atoms with Gasteiger partial charge in [-0.05, 0) is 122 Å². The first-order valence-electron chi connectivity index (χ1n) is 13.1. The van der Waals surface area contributed by atoms with Crippen molar-refractivity contribution in [3.05, 3.63) is 64.1 Å². The fourth-order valence-electron chi connectivity index (χ4n) is 7.49. The number of rotatable bonds is 6. The number of carbonyl (C=O) groups excluding carboxylic acids is 3. The van der Waals surface area contributed by atoms with Gasteiger partial charge >= 0.3 is 0 Å². The Bertz CT molecular complexity index is 1280. The van der Waals surface area contributed by atoms with Crippen LogP contribution in [0.5, 0.6) is 5.75 Å². The van der Waals surface area contributed by atoms with Gasteiger partial charge in [-0.3, -0.25) is 19.3 Å². The van der Waals surface area contributed by atoms with E-state index in [0.717, 1.165) is 45.5 Å². The van der Waals surface area contributed by atoms with Gasteiger partial charge in [-0.1, -0.05) is 18.2 Å². The standard InChI is InChI=1S/C30H32N2O4S/c1-18-4-3-5-24(8-18)31-27(33)17-32-28(34)26(37-29(32)35)13-22-12-23(6-7-25(22)36-2)30-14-19-9-20(15-30)11-21(10-19)16-30/h3-8,12-13,19-21H,9-11,14-17H2,1-2H3,(H,31,33)/b26-13+. The summed E-state index contributed by atoms with van der Waals surface area (Å²) in [5.41, 5.74) is 4.01. The van der Waals surface area contributed by atoms with Gasteiger partial charge in [-0.15, -0.1) is 0 Å². The smallest absolute Gasteiger partial charge is 0.294 e. The maximum absolute atomic E-state index is 13.2. The SMILES string of the molecule is COc1ccc(C23CC4CC(CC(C4)C2)C3)cc1/C=C1/SC(=O)N(CC(=O)Nc2cccc(C)c2)C1=O. The molecule has 0 radical (unpaired) electrons. The third-order valence-corrected chi connectivity index (χ3v) is 9.55. The molecule has 4 saturated carbocycles. The summed E-state index contributed by atoms with van der Waals surface area (Å²) in [6.07, 6.45) is 9.64. The maximum atomic E-state index is 13.2. The fourth-order valence-corrected chi connectivity index (χ4v) is 8.31. The van der Waals surface area contributed by atoms with Crippen molar-refractivity contribution in [3.63, 3.8) is 0 Å². The third kappa shape index (κ3) is 4.58. The molecule has 3 amide bonds. The van der Waals surface area contributed by atoms with Gasteiger partial charge in [0, 0.05) is 11.3 Å². The molecule has 2 aromatic carbocycles. The minimum atomic E-state index is -0.448. The number of anilines is 1. The first-order valence-corrected chi connectivity index (χ1v) is 13.9. The Hall–Kier alpha value is -3.06. The summed E-state index contributed by atoms with van der Waals surface area (Å²) in [6.45, 7) is 1.61. The molecule has 1 aliphatic heterocycles. The van der Waals surface area contributed by atoms with E-state index in [0.29, 0.717) is 16.3 Å². The van der Waals surface area contributed by atoms with Gasteiger partial charge in [-0.2, -0.15) is 0 Å². The molecule has 1 heterocycles. The average molecular weight is 517 g/mol. The number of ether oxygens (including phenoxy) is 1. The van der Waals surface area contributed by atoms with E-state index in [1.54, 1.807) is 19.3 Å². The van der Waals surface area contributed by atoms with Crippen molar-refractivity contribution in [1.29, 1.82) is 0 Å². The summed E-state index contributed by atoms with van der Waals surface area (Å²) >= 11 is 0.875. The van der Waals surface area contributed by atoms with Crippen molar-refractivity contribution < 1.29 is 19.1 Å². The molecule has 5 aliphatic rings. The summed E-state index contributed by atoms with van der Waals surface area (Å²) in [7, 11) is 1.62. The second-order valence-corrected chi connectivity index (χ2v) is 12.3. The Morgan fingerprint density at radius 2 is 1.78 bits per heavy atom. The van der Waals surface area contributed by atoms with Crippen molar-refractivity contribution in [2.24, 2.45) is 17.8 Å². The zero-order chi connectivity index (χ0) is 25.7. The number of carbonyl (C=O) groups is 3. The number of amides is 3. The van der Waals surface area contributed by atoms with Crippen molar-refractivity contribution in [1.82, 2.24) is 4.90 Å². The number of aryl methyl sites for hydroxylation is 1. The Balaban J connectivity index is 1.23. The van der Waals surface area contributed by atoms with E-state index in [2.05, 4.69) is 17.4 Å². The Labute approximate surface area is 221 Å². The summed E-state index contributed by atoms with van der Waals surface area (Å²) in [5.74, 6) is 2.32. The Kier molecular flexibility index (Phi) is 6.14. The summed E-state index contributed by atoms with van der Waals surface area (Å²) in [6, 6.07) is 13.8. The lowest BCUT2D eigenvalue weighted by molar-refractivity contribution is -0.127. The van der Waals surface area contributed by atoms with Crippen LogP contribution in [0.4, 0.5) is 10.5 Å². The molecule has 0 spiro atoms. The molecule has 4 aliphatic carbocycles.